The zero-order chi connectivity index (χ0) is 14.6. The van der Waals surface area contributed by atoms with E-state index >= 15 is 0 Å². The van der Waals surface area contributed by atoms with Crippen LogP contribution in [0.25, 0.3) is 0 Å². The molecular weight excluding hydrogens is 250 g/mol. The minimum absolute atomic E-state index is 0.341. The summed E-state index contributed by atoms with van der Waals surface area (Å²) in [5.74, 6) is -0.751. The SMILES string of the molecule is CC1(C)CCC(N[C@@H](Cc2ccccc2)C(=O)O)CC1. The maximum Gasteiger partial charge on any atom is 0.321 e. The van der Waals surface area contributed by atoms with E-state index in [1.54, 1.807) is 0 Å². The van der Waals surface area contributed by atoms with Crippen molar-refractivity contribution in [1.82, 2.24) is 5.32 Å². The van der Waals surface area contributed by atoms with Gasteiger partial charge in [-0.15, -0.1) is 0 Å². The third-order valence-electron chi connectivity index (χ3n) is 4.36. The van der Waals surface area contributed by atoms with Crippen molar-refractivity contribution >= 4 is 5.97 Å². The molecule has 1 aromatic rings. The van der Waals surface area contributed by atoms with E-state index < -0.39 is 12.0 Å². The fraction of sp³-hybridized carbons (Fsp3) is 0.588. The summed E-state index contributed by atoms with van der Waals surface area (Å²) >= 11 is 0. The van der Waals surface area contributed by atoms with E-state index in [0.29, 0.717) is 17.9 Å². The monoisotopic (exact) mass is 275 g/mol. The van der Waals surface area contributed by atoms with Crippen LogP contribution < -0.4 is 5.32 Å². The first-order valence-corrected chi connectivity index (χ1v) is 7.49. The van der Waals surface area contributed by atoms with Crippen molar-refractivity contribution in [1.29, 1.82) is 0 Å². The summed E-state index contributed by atoms with van der Waals surface area (Å²) in [6.45, 7) is 4.59. The molecule has 3 nitrogen and oxygen atoms in total. The molecule has 1 aliphatic rings. The number of benzene rings is 1. The maximum atomic E-state index is 11.4. The van der Waals surface area contributed by atoms with Crippen LogP contribution >= 0.6 is 0 Å². The van der Waals surface area contributed by atoms with Gasteiger partial charge in [0, 0.05) is 6.04 Å². The van der Waals surface area contributed by atoms with Crippen molar-refractivity contribution in [3.8, 4) is 0 Å². The van der Waals surface area contributed by atoms with Crippen LogP contribution in [0.15, 0.2) is 30.3 Å². The summed E-state index contributed by atoms with van der Waals surface area (Å²) in [7, 11) is 0. The summed E-state index contributed by atoms with van der Waals surface area (Å²) in [4.78, 5) is 11.4. The zero-order valence-electron chi connectivity index (χ0n) is 12.4. The molecule has 0 aliphatic heterocycles. The molecule has 1 atom stereocenters. The Bertz CT molecular complexity index is 432. The first kappa shape index (κ1) is 15.0. The number of carbonyl (C=O) groups is 1. The number of hydrogen-bond acceptors (Lipinski definition) is 2. The predicted molar refractivity (Wildman–Crippen MR) is 80.7 cm³/mol. The fourth-order valence-electron chi connectivity index (χ4n) is 2.92. The minimum Gasteiger partial charge on any atom is -0.480 e. The second-order valence-electron chi connectivity index (χ2n) is 6.69. The van der Waals surface area contributed by atoms with Crippen molar-refractivity contribution < 1.29 is 9.90 Å². The minimum atomic E-state index is -0.751. The van der Waals surface area contributed by atoms with Gasteiger partial charge in [-0.05, 0) is 43.1 Å². The first-order valence-electron chi connectivity index (χ1n) is 7.49. The van der Waals surface area contributed by atoms with Crippen LogP contribution in [0, 0.1) is 5.41 Å². The smallest absolute Gasteiger partial charge is 0.321 e. The summed E-state index contributed by atoms with van der Waals surface area (Å²) in [6.07, 6.45) is 5.04. The largest absolute Gasteiger partial charge is 0.480 e. The van der Waals surface area contributed by atoms with Crippen LogP contribution in [-0.2, 0) is 11.2 Å². The topological polar surface area (TPSA) is 49.3 Å². The Morgan fingerprint density at radius 2 is 1.90 bits per heavy atom. The van der Waals surface area contributed by atoms with Crippen LogP contribution in [0.4, 0.5) is 0 Å². The summed E-state index contributed by atoms with van der Waals surface area (Å²) in [5, 5.41) is 12.7. The lowest BCUT2D eigenvalue weighted by Gasteiger charge is -2.35. The van der Waals surface area contributed by atoms with Gasteiger partial charge in [-0.1, -0.05) is 44.2 Å². The molecule has 3 heteroatoms. The quantitative estimate of drug-likeness (QED) is 0.867. The number of nitrogens with one attached hydrogen (secondary N) is 1. The van der Waals surface area contributed by atoms with Gasteiger partial charge in [-0.25, -0.2) is 0 Å². The van der Waals surface area contributed by atoms with Crippen molar-refractivity contribution in [2.24, 2.45) is 5.41 Å². The summed E-state index contributed by atoms with van der Waals surface area (Å²) in [6, 6.07) is 9.70. The second kappa shape index (κ2) is 6.40. The Balaban J connectivity index is 1.92. The van der Waals surface area contributed by atoms with Crippen LogP contribution in [0.5, 0.6) is 0 Å². The fourth-order valence-corrected chi connectivity index (χ4v) is 2.92. The lowest BCUT2D eigenvalue weighted by atomic mass is 9.75. The average molecular weight is 275 g/mol. The van der Waals surface area contributed by atoms with Crippen molar-refractivity contribution in [3.63, 3.8) is 0 Å². The molecule has 0 spiro atoms. The molecule has 1 aromatic carbocycles. The lowest BCUT2D eigenvalue weighted by Crippen LogP contribution is -2.46. The molecule has 0 unspecified atom stereocenters. The summed E-state index contributed by atoms with van der Waals surface area (Å²) < 4.78 is 0. The highest BCUT2D eigenvalue weighted by atomic mass is 16.4. The highest BCUT2D eigenvalue weighted by molar-refractivity contribution is 5.74. The van der Waals surface area contributed by atoms with Crippen LogP contribution in [0.1, 0.15) is 45.1 Å². The van der Waals surface area contributed by atoms with Crippen molar-refractivity contribution in [3.05, 3.63) is 35.9 Å². The average Bonchev–Trinajstić information content (AvgIpc) is 2.41. The molecule has 20 heavy (non-hydrogen) atoms. The highest BCUT2D eigenvalue weighted by Gasteiger charge is 2.29. The predicted octanol–water partition coefficient (Wildman–Crippen LogP) is 3.24. The molecular formula is C17H25NO2. The number of rotatable bonds is 5. The van der Waals surface area contributed by atoms with Gasteiger partial charge >= 0.3 is 5.97 Å². The molecule has 2 rings (SSSR count). The third-order valence-corrected chi connectivity index (χ3v) is 4.36. The Kier molecular flexibility index (Phi) is 4.81. The molecule has 0 saturated heterocycles. The molecule has 0 amide bonds. The Morgan fingerprint density at radius 1 is 1.30 bits per heavy atom. The molecule has 110 valence electrons. The molecule has 1 saturated carbocycles. The first-order chi connectivity index (χ1) is 9.46. The van der Waals surface area contributed by atoms with Gasteiger partial charge in [0.05, 0.1) is 0 Å². The van der Waals surface area contributed by atoms with Gasteiger partial charge in [-0.2, -0.15) is 0 Å². The van der Waals surface area contributed by atoms with E-state index in [9.17, 15) is 9.90 Å². The standard InChI is InChI=1S/C17H25NO2/c1-17(2)10-8-14(9-11-17)18-15(16(19)20)12-13-6-4-3-5-7-13/h3-7,14-15,18H,8-12H2,1-2H3,(H,19,20)/t15-/m0/s1. The van der Waals surface area contributed by atoms with Crippen LogP contribution in [0.2, 0.25) is 0 Å². The molecule has 0 heterocycles. The summed E-state index contributed by atoms with van der Waals surface area (Å²) in [5.41, 5.74) is 1.49. The second-order valence-corrected chi connectivity index (χ2v) is 6.69. The van der Waals surface area contributed by atoms with Gasteiger partial charge in [0.25, 0.3) is 0 Å². The molecule has 1 aliphatic carbocycles. The Morgan fingerprint density at radius 3 is 2.45 bits per heavy atom. The molecule has 1 fully saturated rings. The number of hydrogen-bond donors (Lipinski definition) is 2. The molecule has 0 bridgehead atoms. The van der Waals surface area contributed by atoms with Crippen molar-refractivity contribution in [2.75, 3.05) is 0 Å². The Hall–Kier alpha value is -1.35. The van der Waals surface area contributed by atoms with E-state index in [4.69, 9.17) is 0 Å². The van der Waals surface area contributed by atoms with Gasteiger partial charge in [0.1, 0.15) is 6.04 Å². The van der Waals surface area contributed by atoms with Gasteiger partial charge in [0.2, 0.25) is 0 Å². The Labute approximate surface area is 121 Å². The number of carboxylic acids is 1. The van der Waals surface area contributed by atoms with Gasteiger partial charge < -0.3 is 10.4 Å². The van der Waals surface area contributed by atoms with E-state index in [1.165, 1.54) is 12.8 Å². The normalized spacial score (nSPS) is 20.5. The number of aliphatic carboxylic acids is 1. The van der Waals surface area contributed by atoms with E-state index in [2.05, 4.69) is 19.2 Å². The lowest BCUT2D eigenvalue weighted by molar-refractivity contribution is -0.139. The van der Waals surface area contributed by atoms with E-state index in [1.807, 2.05) is 30.3 Å². The molecule has 2 N–H and O–H groups in total. The van der Waals surface area contributed by atoms with E-state index in [0.717, 1.165) is 18.4 Å². The maximum absolute atomic E-state index is 11.4. The molecule has 0 aromatic heterocycles. The van der Waals surface area contributed by atoms with Gasteiger partial charge in [-0.3, -0.25) is 4.79 Å². The van der Waals surface area contributed by atoms with Crippen LogP contribution in [0.3, 0.4) is 0 Å². The van der Waals surface area contributed by atoms with E-state index in [-0.39, 0.29) is 0 Å². The molecule has 0 radical (unpaired) electrons. The highest BCUT2D eigenvalue weighted by Crippen LogP contribution is 2.35. The van der Waals surface area contributed by atoms with Crippen molar-refractivity contribution in [2.45, 2.75) is 58.0 Å². The third kappa shape index (κ3) is 4.34. The number of carboxylic acid groups (broad SMARTS) is 1. The zero-order valence-corrected chi connectivity index (χ0v) is 12.4. The van der Waals surface area contributed by atoms with Gasteiger partial charge in [0.15, 0.2) is 0 Å². The van der Waals surface area contributed by atoms with Crippen LogP contribution in [-0.4, -0.2) is 23.2 Å².